The molecular formula is C18H32O7. The number of hydrogen-bond donors (Lipinski definition) is 3. The van der Waals surface area contributed by atoms with Gasteiger partial charge in [0.05, 0.1) is 19.8 Å². The van der Waals surface area contributed by atoms with Crippen LogP contribution in [0.5, 0.6) is 5.75 Å². The third-order valence-electron chi connectivity index (χ3n) is 2.49. The van der Waals surface area contributed by atoms with Crippen molar-refractivity contribution >= 4 is 12.6 Å². The molecule has 0 spiro atoms. The number of methoxy groups -OCH3 is 1. The summed E-state index contributed by atoms with van der Waals surface area (Å²) in [4.78, 5) is 19.0. The SMILES string of the molecule is CC.CC=O.CO.COc1ccc(C=O)cc1.OC1CCOC(O)C1. The van der Waals surface area contributed by atoms with E-state index < -0.39 is 6.29 Å². The van der Waals surface area contributed by atoms with Crippen molar-refractivity contribution in [2.45, 2.75) is 46.0 Å². The van der Waals surface area contributed by atoms with E-state index in [0.717, 1.165) is 25.4 Å². The number of benzene rings is 1. The highest BCUT2D eigenvalue weighted by Crippen LogP contribution is 2.10. The monoisotopic (exact) mass is 360 g/mol. The lowest BCUT2D eigenvalue weighted by Gasteiger charge is -2.21. The molecular weight excluding hydrogens is 328 g/mol. The van der Waals surface area contributed by atoms with Gasteiger partial charge in [0.1, 0.15) is 18.3 Å². The second-order valence-corrected chi connectivity index (χ2v) is 4.13. The summed E-state index contributed by atoms with van der Waals surface area (Å²) in [6.07, 6.45) is 1.47. The maximum absolute atomic E-state index is 10.2. The first-order chi connectivity index (χ1) is 12.1. The zero-order valence-corrected chi connectivity index (χ0v) is 15.7. The van der Waals surface area contributed by atoms with Gasteiger partial charge >= 0.3 is 0 Å². The number of hydrogen-bond acceptors (Lipinski definition) is 7. The highest BCUT2D eigenvalue weighted by molar-refractivity contribution is 5.74. The Hall–Kier alpha value is -1.80. The van der Waals surface area contributed by atoms with Crippen molar-refractivity contribution in [2.75, 3.05) is 20.8 Å². The number of ether oxygens (including phenoxy) is 2. The molecule has 7 heteroatoms. The van der Waals surface area contributed by atoms with Crippen molar-refractivity contribution in [1.82, 2.24) is 0 Å². The molecule has 0 radical (unpaired) electrons. The summed E-state index contributed by atoms with van der Waals surface area (Å²) in [6, 6.07) is 6.94. The minimum Gasteiger partial charge on any atom is -0.497 e. The highest BCUT2D eigenvalue weighted by Gasteiger charge is 2.17. The molecule has 1 aliphatic heterocycles. The molecule has 0 saturated carbocycles. The largest absolute Gasteiger partial charge is 0.497 e. The third-order valence-corrected chi connectivity index (χ3v) is 2.49. The van der Waals surface area contributed by atoms with Gasteiger partial charge in [0, 0.05) is 19.1 Å². The lowest BCUT2D eigenvalue weighted by Crippen LogP contribution is -2.28. The van der Waals surface area contributed by atoms with Gasteiger partial charge in [-0.25, -0.2) is 0 Å². The molecule has 1 saturated heterocycles. The minimum atomic E-state index is -0.737. The van der Waals surface area contributed by atoms with E-state index in [4.69, 9.17) is 29.6 Å². The Morgan fingerprint density at radius 2 is 1.60 bits per heavy atom. The van der Waals surface area contributed by atoms with E-state index in [1.54, 1.807) is 31.4 Å². The molecule has 25 heavy (non-hydrogen) atoms. The topological polar surface area (TPSA) is 113 Å². The van der Waals surface area contributed by atoms with Crippen LogP contribution in [-0.4, -0.2) is 61.1 Å². The number of carbonyl (C=O) groups is 2. The number of aliphatic hydroxyl groups is 3. The molecule has 0 aliphatic carbocycles. The number of aldehydes is 2. The summed E-state index contributed by atoms with van der Waals surface area (Å²) < 4.78 is 9.64. The molecule has 0 amide bonds. The summed E-state index contributed by atoms with van der Waals surface area (Å²) in [7, 11) is 2.59. The van der Waals surface area contributed by atoms with E-state index in [0.29, 0.717) is 25.0 Å². The normalized spacial score (nSPS) is 17.3. The average molecular weight is 360 g/mol. The predicted octanol–water partition coefficient (Wildman–Crippen LogP) is 1.82. The Kier molecular flexibility index (Phi) is 24.9. The zero-order chi connectivity index (χ0) is 20.1. The smallest absolute Gasteiger partial charge is 0.156 e. The van der Waals surface area contributed by atoms with Crippen molar-refractivity contribution in [3.63, 3.8) is 0 Å². The molecule has 1 heterocycles. The van der Waals surface area contributed by atoms with Crippen LogP contribution >= 0.6 is 0 Å². The third kappa shape index (κ3) is 18.4. The first-order valence-corrected chi connectivity index (χ1v) is 7.98. The van der Waals surface area contributed by atoms with Gasteiger partial charge < -0.3 is 29.6 Å². The second-order valence-electron chi connectivity index (χ2n) is 4.13. The van der Waals surface area contributed by atoms with Gasteiger partial charge in [-0.3, -0.25) is 4.79 Å². The van der Waals surface area contributed by atoms with Crippen LogP contribution in [-0.2, 0) is 9.53 Å². The van der Waals surface area contributed by atoms with E-state index in [-0.39, 0.29) is 6.10 Å². The average Bonchev–Trinajstić information content (AvgIpc) is 2.66. The first-order valence-electron chi connectivity index (χ1n) is 7.98. The van der Waals surface area contributed by atoms with Crippen LogP contribution in [0.2, 0.25) is 0 Å². The lowest BCUT2D eigenvalue weighted by atomic mass is 10.1. The van der Waals surface area contributed by atoms with Gasteiger partial charge in [0.2, 0.25) is 0 Å². The molecule has 7 nitrogen and oxygen atoms in total. The summed E-state index contributed by atoms with van der Waals surface area (Å²) in [5.41, 5.74) is 0.667. The molecule has 2 unspecified atom stereocenters. The summed E-state index contributed by atoms with van der Waals surface area (Å²) in [6.45, 7) is 5.92. The fraction of sp³-hybridized carbons (Fsp3) is 0.556. The second kappa shape index (κ2) is 22.2. The quantitative estimate of drug-likeness (QED) is 0.689. The zero-order valence-electron chi connectivity index (χ0n) is 15.7. The van der Waals surface area contributed by atoms with Crippen LogP contribution in [0.4, 0.5) is 0 Å². The van der Waals surface area contributed by atoms with Crippen LogP contribution in [0.3, 0.4) is 0 Å². The molecule has 1 aliphatic rings. The molecule has 1 fully saturated rings. The molecule has 2 atom stereocenters. The van der Waals surface area contributed by atoms with Crippen molar-refractivity contribution in [1.29, 1.82) is 0 Å². The van der Waals surface area contributed by atoms with E-state index in [1.807, 2.05) is 13.8 Å². The number of carbonyl (C=O) groups excluding carboxylic acids is 2. The van der Waals surface area contributed by atoms with Crippen LogP contribution in [0.1, 0.15) is 44.0 Å². The predicted molar refractivity (Wildman–Crippen MR) is 96.8 cm³/mol. The number of rotatable bonds is 2. The fourth-order valence-corrected chi connectivity index (χ4v) is 1.44. The molecule has 1 aromatic rings. The Bertz CT molecular complexity index is 385. The van der Waals surface area contributed by atoms with Gasteiger partial charge in [-0.05, 0) is 37.6 Å². The summed E-state index contributed by atoms with van der Waals surface area (Å²) in [5.74, 6) is 0.769. The molecule has 146 valence electrons. The van der Waals surface area contributed by atoms with Crippen molar-refractivity contribution in [3.8, 4) is 5.75 Å². The molecule has 3 N–H and O–H groups in total. The van der Waals surface area contributed by atoms with Crippen molar-refractivity contribution in [3.05, 3.63) is 29.8 Å². The van der Waals surface area contributed by atoms with Gasteiger partial charge in [-0.2, -0.15) is 0 Å². The summed E-state index contributed by atoms with van der Waals surface area (Å²) in [5, 5.41) is 24.5. The van der Waals surface area contributed by atoms with Crippen molar-refractivity contribution in [2.24, 2.45) is 0 Å². The van der Waals surface area contributed by atoms with Crippen molar-refractivity contribution < 1.29 is 34.4 Å². The highest BCUT2D eigenvalue weighted by atomic mass is 16.6. The minimum absolute atomic E-state index is 0.361. The first kappa shape index (κ1) is 28.0. The fourth-order valence-electron chi connectivity index (χ4n) is 1.44. The van der Waals surface area contributed by atoms with Crippen LogP contribution < -0.4 is 4.74 Å². The van der Waals surface area contributed by atoms with Gasteiger partial charge in [0.25, 0.3) is 0 Å². The van der Waals surface area contributed by atoms with Crippen LogP contribution in [0, 0.1) is 0 Å². The standard InChI is InChI=1S/C8H8O2.C5H10O3.C2H4O.C2H6.CH4O/c1-10-8-4-2-7(6-9)3-5-8;6-4-1-2-8-5(7)3-4;1-2-3;2*1-2/h2-6H,1H3;4-7H,1-3H2;2H,1H3;1-2H3;2H,1H3. The maximum Gasteiger partial charge on any atom is 0.156 e. The molecule has 0 bridgehead atoms. The maximum atomic E-state index is 10.2. The molecule has 0 aromatic heterocycles. The van der Waals surface area contributed by atoms with E-state index in [1.165, 1.54) is 6.92 Å². The van der Waals surface area contributed by atoms with Crippen LogP contribution in [0.15, 0.2) is 24.3 Å². The van der Waals surface area contributed by atoms with E-state index in [2.05, 4.69) is 0 Å². The Morgan fingerprint density at radius 1 is 1.12 bits per heavy atom. The number of aliphatic hydroxyl groups excluding tert-OH is 3. The Balaban J connectivity index is -0.000000289. The molecule has 2 rings (SSSR count). The van der Waals surface area contributed by atoms with Crippen LogP contribution in [0.25, 0.3) is 0 Å². The van der Waals surface area contributed by atoms with Gasteiger partial charge in [-0.15, -0.1) is 0 Å². The Labute approximate surface area is 150 Å². The molecule has 1 aromatic carbocycles. The Morgan fingerprint density at radius 3 is 1.88 bits per heavy atom. The van der Waals surface area contributed by atoms with Gasteiger partial charge in [0.15, 0.2) is 6.29 Å². The van der Waals surface area contributed by atoms with E-state index in [9.17, 15) is 4.79 Å². The lowest BCUT2D eigenvalue weighted by molar-refractivity contribution is -0.152. The van der Waals surface area contributed by atoms with E-state index >= 15 is 0 Å². The summed E-state index contributed by atoms with van der Waals surface area (Å²) >= 11 is 0. The van der Waals surface area contributed by atoms with Gasteiger partial charge in [-0.1, -0.05) is 13.8 Å².